The molecule has 0 spiro atoms. The van der Waals surface area contributed by atoms with Crippen LogP contribution in [0.3, 0.4) is 0 Å². The van der Waals surface area contributed by atoms with E-state index in [0.717, 1.165) is 25.0 Å². The maximum Gasteiger partial charge on any atom is 0.416 e. The highest BCUT2D eigenvalue weighted by Gasteiger charge is 2.31. The Morgan fingerprint density at radius 1 is 1.16 bits per heavy atom. The molecule has 1 amide bonds. The van der Waals surface area contributed by atoms with Gasteiger partial charge in [0.25, 0.3) is 0 Å². The van der Waals surface area contributed by atoms with Crippen LogP contribution in [0.5, 0.6) is 0 Å². The van der Waals surface area contributed by atoms with Gasteiger partial charge in [0, 0.05) is 13.1 Å². The third-order valence-corrected chi connectivity index (χ3v) is 3.60. The Morgan fingerprint density at radius 3 is 2.16 bits per heavy atom. The van der Waals surface area contributed by atoms with E-state index in [1.54, 1.807) is 4.90 Å². The number of hydrogen-bond acceptors (Lipinski definition) is 1. The first-order chi connectivity index (χ1) is 8.89. The van der Waals surface area contributed by atoms with E-state index >= 15 is 0 Å². The zero-order valence-corrected chi connectivity index (χ0v) is 10.8. The summed E-state index contributed by atoms with van der Waals surface area (Å²) in [7, 11) is 0. The van der Waals surface area contributed by atoms with Crippen molar-refractivity contribution in [2.24, 2.45) is 0 Å². The quantitative estimate of drug-likeness (QED) is 0.762. The Balaban J connectivity index is 2.11. The van der Waals surface area contributed by atoms with E-state index in [1.165, 1.54) is 12.1 Å². The summed E-state index contributed by atoms with van der Waals surface area (Å²) < 4.78 is 37.3. The molecule has 1 atom stereocenters. The number of nitrogens with zero attached hydrogens (tertiary/aromatic N) is 1. The average molecular weight is 292 g/mol. The highest BCUT2D eigenvalue weighted by atomic mass is 35.5. The van der Waals surface area contributed by atoms with E-state index in [0.29, 0.717) is 18.7 Å². The molecule has 1 fully saturated rings. The molecule has 0 aliphatic carbocycles. The van der Waals surface area contributed by atoms with Crippen molar-refractivity contribution in [2.75, 3.05) is 13.1 Å². The molecular formula is C13H13ClF3NO. The highest BCUT2D eigenvalue weighted by Crippen LogP contribution is 2.31. The summed E-state index contributed by atoms with van der Waals surface area (Å²) in [5, 5.41) is -0.916. The first kappa shape index (κ1) is 14.2. The van der Waals surface area contributed by atoms with E-state index in [1.807, 2.05) is 0 Å². The molecule has 1 heterocycles. The van der Waals surface area contributed by atoms with Gasteiger partial charge in [-0.25, -0.2) is 0 Å². The number of likely N-dealkylation sites (tertiary alicyclic amines) is 1. The molecule has 2 rings (SSSR count). The molecule has 1 aromatic carbocycles. The largest absolute Gasteiger partial charge is 0.416 e. The van der Waals surface area contributed by atoms with Crippen LogP contribution in [0.1, 0.15) is 29.3 Å². The number of halogens is 4. The van der Waals surface area contributed by atoms with E-state index in [4.69, 9.17) is 11.6 Å². The zero-order valence-electron chi connectivity index (χ0n) is 10.1. The number of carbonyl (C=O) groups is 1. The predicted molar refractivity (Wildman–Crippen MR) is 65.9 cm³/mol. The van der Waals surface area contributed by atoms with Gasteiger partial charge < -0.3 is 4.90 Å². The maximum absolute atomic E-state index is 12.4. The molecule has 6 heteroatoms. The maximum atomic E-state index is 12.4. The van der Waals surface area contributed by atoms with Gasteiger partial charge in [-0.2, -0.15) is 13.2 Å². The smallest absolute Gasteiger partial charge is 0.341 e. The van der Waals surface area contributed by atoms with Gasteiger partial charge in [-0.15, -0.1) is 11.6 Å². The minimum absolute atomic E-state index is 0.237. The van der Waals surface area contributed by atoms with Crippen molar-refractivity contribution < 1.29 is 18.0 Å². The molecule has 0 aromatic heterocycles. The van der Waals surface area contributed by atoms with Gasteiger partial charge in [-0.1, -0.05) is 12.1 Å². The molecule has 1 aromatic rings. The first-order valence-corrected chi connectivity index (χ1v) is 6.43. The summed E-state index contributed by atoms with van der Waals surface area (Å²) in [6.45, 7) is 1.34. The Kier molecular flexibility index (Phi) is 4.04. The molecule has 1 unspecified atom stereocenters. The third-order valence-electron chi connectivity index (χ3n) is 3.17. The van der Waals surface area contributed by atoms with Crippen molar-refractivity contribution in [3.8, 4) is 0 Å². The van der Waals surface area contributed by atoms with E-state index in [-0.39, 0.29) is 5.91 Å². The predicted octanol–water partition coefficient (Wildman–Crippen LogP) is 3.61. The van der Waals surface area contributed by atoms with Gasteiger partial charge in [0.15, 0.2) is 0 Å². The van der Waals surface area contributed by atoms with Crippen LogP contribution >= 0.6 is 11.6 Å². The minimum atomic E-state index is -4.38. The molecule has 1 aliphatic heterocycles. The number of hydrogen-bond donors (Lipinski definition) is 0. The SMILES string of the molecule is O=C(C(Cl)c1ccc(C(F)(F)F)cc1)N1CCCC1. The van der Waals surface area contributed by atoms with Gasteiger partial charge in [-0.3, -0.25) is 4.79 Å². The van der Waals surface area contributed by atoms with E-state index in [2.05, 4.69) is 0 Å². The zero-order chi connectivity index (χ0) is 14.0. The Labute approximate surface area is 114 Å². The fraction of sp³-hybridized carbons (Fsp3) is 0.462. The molecule has 1 saturated heterocycles. The van der Waals surface area contributed by atoms with Gasteiger partial charge in [0.2, 0.25) is 5.91 Å². The van der Waals surface area contributed by atoms with Crippen LogP contribution in [0, 0.1) is 0 Å². The lowest BCUT2D eigenvalue weighted by Gasteiger charge is -2.19. The Morgan fingerprint density at radius 2 is 1.68 bits per heavy atom. The molecule has 0 bridgehead atoms. The van der Waals surface area contributed by atoms with Crippen LogP contribution < -0.4 is 0 Å². The van der Waals surface area contributed by atoms with Gasteiger partial charge >= 0.3 is 6.18 Å². The standard InChI is InChI=1S/C13H13ClF3NO/c14-11(12(19)18-7-1-2-8-18)9-3-5-10(6-4-9)13(15,16)17/h3-6,11H,1-2,7-8H2. The van der Waals surface area contributed by atoms with Crippen LogP contribution in [0.4, 0.5) is 13.2 Å². The Bertz CT molecular complexity index is 452. The molecule has 19 heavy (non-hydrogen) atoms. The minimum Gasteiger partial charge on any atom is -0.341 e. The summed E-state index contributed by atoms with van der Waals surface area (Å²) >= 11 is 6.03. The van der Waals surface area contributed by atoms with Crippen molar-refractivity contribution in [1.29, 1.82) is 0 Å². The molecule has 0 radical (unpaired) electrons. The third kappa shape index (κ3) is 3.21. The lowest BCUT2D eigenvalue weighted by atomic mass is 10.1. The number of amides is 1. The van der Waals surface area contributed by atoms with Crippen molar-refractivity contribution in [2.45, 2.75) is 24.4 Å². The number of carbonyl (C=O) groups excluding carboxylic acids is 1. The lowest BCUT2D eigenvalue weighted by molar-refractivity contribution is -0.137. The number of alkyl halides is 4. The topological polar surface area (TPSA) is 20.3 Å². The van der Waals surface area contributed by atoms with Gasteiger partial charge in [-0.05, 0) is 30.5 Å². The average Bonchev–Trinajstić information content (AvgIpc) is 2.90. The van der Waals surface area contributed by atoms with Crippen LogP contribution in [0.15, 0.2) is 24.3 Å². The molecule has 0 N–H and O–H groups in total. The summed E-state index contributed by atoms with van der Waals surface area (Å²) in [5.41, 5.74) is -0.347. The van der Waals surface area contributed by atoms with Crippen molar-refractivity contribution in [3.05, 3.63) is 35.4 Å². The number of benzene rings is 1. The van der Waals surface area contributed by atoms with Crippen LogP contribution in [0.2, 0.25) is 0 Å². The second-order valence-corrected chi connectivity index (χ2v) is 4.95. The van der Waals surface area contributed by atoms with Crippen molar-refractivity contribution in [1.82, 2.24) is 4.90 Å². The van der Waals surface area contributed by atoms with Gasteiger partial charge in [0.1, 0.15) is 5.38 Å². The normalized spacial score (nSPS) is 17.6. The van der Waals surface area contributed by atoms with E-state index in [9.17, 15) is 18.0 Å². The second-order valence-electron chi connectivity index (χ2n) is 4.51. The molecule has 0 saturated carbocycles. The summed E-state index contributed by atoms with van der Waals surface area (Å²) in [5.74, 6) is -0.237. The van der Waals surface area contributed by atoms with E-state index < -0.39 is 17.1 Å². The van der Waals surface area contributed by atoms with Gasteiger partial charge in [0.05, 0.1) is 5.56 Å². The lowest BCUT2D eigenvalue weighted by Crippen LogP contribution is -2.30. The Hall–Kier alpha value is -1.23. The van der Waals surface area contributed by atoms with Crippen molar-refractivity contribution >= 4 is 17.5 Å². The molecule has 2 nitrogen and oxygen atoms in total. The highest BCUT2D eigenvalue weighted by molar-refractivity contribution is 6.30. The number of rotatable bonds is 2. The summed E-state index contributed by atoms with van der Waals surface area (Å²) in [4.78, 5) is 13.6. The van der Waals surface area contributed by atoms with Crippen LogP contribution in [-0.4, -0.2) is 23.9 Å². The first-order valence-electron chi connectivity index (χ1n) is 5.99. The molecular weight excluding hydrogens is 279 g/mol. The summed E-state index contributed by atoms with van der Waals surface area (Å²) in [6, 6.07) is 4.41. The fourth-order valence-electron chi connectivity index (χ4n) is 2.08. The fourth-order valence-corrected chi connectivity index (χ4v) is 2.36. The van der Waals surface area contributed by atoms with Crippen molar-refractivity contribution in [3.63, 3.8) is 0 Å². The summed E-state index contributed by atoms with van der Waals surface area (Å²) in [6.07, 6.45) is -2.48. The second kappa shape index (κ2) is 5.41. The molecule has 104 valence electrons. The van der Waals surface area contributed by atoms with Crippen LogP contribution in [0.25, 0.3) is 0 Å². The molecule has 1 aliphatic rings. The van der Waals surface area contributed by atoms with Crippen LogP contribution in [-0.2, 0) is 11.0 Å². The monoisotopic (exact) mass is 291 g/mol.